The minimum absolute atomic E-state index is 0.168. The Kier molecular flexibility index (Phi) is 4.13. The number of ether oxygens (including phenoxy) is 2. The van der Waals surface area contributed by atoms with Crippen LogP contribution in [0, 0.1) is 0 Å². The molecule has 0 bridgehead atoms. The predicted octanol–water partition coefficient (Wildman–Crippen LogP) is 4.26. The molecule has 0 saturated heterocycles. The fraction of sp³-hybridized carbons (Fsp3) is 0.190. The average molecular weight is 394 g/mol. The molecule has 3 aromatic rings. The van der Waals surface area contributed by atoms with Crippen LogP contribution in [-0.2, 0) is 0 Å². The van der Waals surface area contributed by atoms with E-state index in [9.17, 15) is 4.79 Å². The first-order valence-electron chi connectivity index (χ1n) is 9.01. The van der Waals surface area contributed by atoms with E-state index in [4.69, 9.17) is 26.1 Å². The second-order valence-corrected chi connectivity index (χ2v) is 7.22. The molecule has 0 radical (unpaired) electrons. The number of carbonyl (C=O) groups is 1. The summed E-state index contributed by atoms with van der Waals surface area (Å²) in [5.74, 6) is 1.37. The van der Waals surface area contributed by atoms with Crippen molar-refractivity contribution in [2.24, 2.45) is 5.10 Å². The number of hydrazone groups is 1. The predicted molar refractivity (Wildman–Crippen MR) is 106 cm³/mol. The molecule has 1 amide bonds. The summed E-state index contributed by atoms with van der Waals surface area (Å²) >= 11 is 6.23. The van der Waals surface area contributed by atoms with Crippen LogP contribution in [0.15, 0.2) is 47.6 Å². The number of hydrogen-bond donors (Lipinski definition) is 1. The quantitative estimate of drug-likeness (QED) is 0.531. The summed E-state index contributed by atoms with van der Waals surface area (Å²) in [5.41, 5.74) is 5.58. The van der Waals surface area contributed by atoms with Crippen molar-refractivity contribution in [3.05, 3.63) is 64.3 Å². The second kappa shape index (κ2) is 6.80. The molecule has 140 valence electrons. The second-order valence-electron chi connectivity index (χ2n) is 6.81. The number of halogens is 1. The first kappa shape index (κ1) is 17.0. The molecule has 5 rings (SSSR count). The van der Waals surface area contributed by atoms with Crippen molar-refractivity contribution in [2.75, 3.05) is 6.79 Å². The average Bonchev–Trinajstić information content (AvgIpc) is 3.46. The van der Waals surface area contributed by atoms with Crippen molar-refractivity contribution in [1.82, 2.24) is 10.4 Å². The molecule has 0 unspecified atom stereocenters. The summed E-state index contributed by atoms with van der Waals surface area (Å²) in [7, 11) is 0. The van der Waals surface area contributed by atoms with Gasteiger partial charge in [-0.3, -0.25) is 9.78 Å². The van der Waals surface area contributed by atoms with Gasteiger partial charge >= 0.3 is 0 Å². The van der Waals surface area contributed by atoms with E-state index < -0.39 is 0 Å². The molecule has 7 heteroatoms. The van der Waals surface area contributed by atoms with Gasteiger partial charge in [0.2, 0.25) is 6.79 Å². The zero-order chi connectivity index (χ0) is 19.1. The van der Waals surface area contributed by atoms with E-state index in [0.29, 0.717) is 33.6 Å². The maximum atomic E-state index is 12.8. The molecule has 1 aromatic heterocycles. The van der Waals surface area contributed by atoms with E-state index in [1.54, 1.807) is 12.1 Å². The van der Waals surface area contributed by atoms with Crippen LogP contribution in [0.4, 0.5) is 0 Å². The van der Waals surface area contributed by atoms with Crippen LogP contribution in [0.5, 0.6) is 11.5 Å². The van der Waals surface area contributed by atoms with Crippen molar-refractivity contribution in [2.45, 2.75) is 18.8 Å². The summed E-state index contributed by atoms with van der Waals surface area (Å²) < 4.78 is 10.6. The first-order valence-corrected chi connectivity index (χ1v) is 9.39. The molecule has 1 aliphatic heterocycles. The summed E-state index contributed by atoms with van der Waals surface area (Å²) in [6, 6.07) is 12.9. The van der Waals surface area contributed by atoms with Gasteiger partial charge in [-0.05, 0) is 31.0 Å². The highest BCUT2D eigenvalue weighted by atomic mass is 35.5. The topological polar surface area (TPSA) is 72.8 Å². The van der Waals surface area contributed by atoms with E-state index in [-0.39, 0.29) is 12.7 Å². The van der Waals surface area contributed by atoms with Gasteiger partial charge in [0.1, 0.15) is 0 Å². The fourth-order valence-electron chi connectivity index (χ4n) is 3.22. The lowest BCUT2D eigenvalue weighted by Crippen LogP contribution is -2.18. The van der Waals surface area contributed by atoms with Crippen molar-refractivity contribution >= 4 is 34.6 Å². The number of aromatic nitrogens is 1. The highest BCUT2D eigenvalue weighted by molar-refractivity contribution is 6.33. The largest absolute Gasteiger partial charge is 0.454 e. The highest BCUT2D eigenvalue weighted by Gasteiger charge is 2.27. The lowest BCUT2D eigenvalue weighted by Gasteiger charge is -2.08. The maximum absolute atomic E-state index is 12.8. The number of fused-ring (bicyclic) bond motifs is 2. The van der Waals surface area contributed by atoms with Gasteiger partial charge < -0.3 is 9.47 Å². The van der Waals surface area contributed by atoms with E-state index in [0.717, 1.165) is 29.4 Å². The SMILES string of the molecule is O=C(NN=Cc1cc2c(cc1Cl)OCO2)c1cc(C2CC2)nc2ccccc12. The third-order valence-corrected chi connectivity index (χ3v) is 5.17. The molecule has 2 aliphatic rings. The molecule has 2 aromatic carbocycles. The zero-order valence-electron chi connectivity index (χ0n) is 14.8. The Hall–Kier alpha value is -3.12. The van der Waals surface area contributed by atoms with Crippen molar-refractivity contribution in [3.8, 4) is 11.5 Å². The van der Waals surface area contributed by atoms with Gasteiger partial charge in [0.05, 0.1) is 22.3 Å². The lowest BCUT2D eigenvalue weighted by molar-refractivity contribution is 0.0956. The van der Waals surface area contributed by atoms with Gasteiger partial charge in [-0.25, -0.2) is 5.43 Å². The molecule has 6 nitrogen and oxygen atoms in total. The first-order chi connectivity index (χ1) is 13.7. The highest BCUT2D eigenvalue weighted by Crippen LogP contribution is 2.40. The molecule has 1 saturated carbocycles. The molecule has 1 aliphatic carbocycles. The number of nitrogens with one attached hydrogen (secondary N) is 1. The summed E-state index contributed by atoms with van der Waals surface area (Å²) in [6.07, 6.45) is 3.73. The molecular weight excluding hydrogens is 378 g/mol. The van der Waals surface area contributed by atoms with E-state index >= 15 is 0 Å². The fourth-order valence-corrected chi connectivity index (χ4v) is 3.43. The number of hydrogen-bond acceptors (Lipinski definition) is 5. The van der Waals surface area contributed by atoms with Gasteiger partial charge in [-0.1, -0.05) is 29.8 Å². The number of para-hydroxylation sites is 1. The molecule has 1 N–H and O–H groups in total. The van der Waals surface area contributed by atoms with Crippen LogP contribution >= 0.6 is 11.6 Å². The van der Waals surface area contributed by atoms with Gasteiger partial charge in [0, 0.05) is 28.6 Å². The number of carbonyl (C=O) groups excluding carboxylic acids is 1. The third kappa shape index (κ3) is 3.16. The molecule has 0 atom stereocenters. The van der Waals surface area contributed by atoms with Crippen molar-refractivity contribution in [3.63, 3.8) is 0 Å². The van der Waals surface area contributed by atoms with Gasteiger partial charge in [-0.2, -0.15) is 5.10 Å². The van der Waals surface area contributed by atoms with Gasteiger partial charge in [0.15, 0.2) is 11.5 Å². The minimum atomic E-state index is -0.284. The van der Waals surface area contributed by atoms with E-state index in [1.807, 2.05) is 30.3 Å². The van der Waals surface area contributed by atoms with Crippen LogP contribution in [-0.4, -0.2) is 23.9 Å². The Morgan fingerprint density at radius 3 is 2.79 bits per heavy atom. The monoisotopic (exact) mass is 393 g/mol. The molecule has 0 spiro atoms. The summed E-state index contributed by atoms with van der Waals surface area (Å²) in [6.45, 7) is 0.168. The molecule has 2 heterocycles. The molecule has 28 heavy (non-hydrogen) atoms. The number of benzene rings is 2. The van der Waals surface area contributed by atoms with Crippen molar-refractivity contribution < 1.29 is 14.3 Å². The molecular formula is C21H16ClN3O3. The van der Waals surface area contributed by atoms with Gasteiger partial charge in [-0.15, -0.1) is 0 Å². The Morgan fingerprint density at radius 2 is 1.96 bits per heavy atom. The van der Waals surface area contributed by atoms with Crippen LogP contribution < -0.4 is 14.9 Å². The van der Waals surface area contributed by atoms with E-state index in [2.05, 4.69) is 10.5 Å². The Labute approximate surface area is 166 Å². The van der Waals surface area contributed by atoms with Gasteiger partial charge in [0.25, 0.3) is 5.91 Å². The zero-order valence-corrected chi connectivity index (χ0v) is 15.6. The van der Waals surface area contributed by atoms with E-state index in [1.165, 1.54) is 6.21 Å². The molecule has 1 fully saturated rings. The minimum Gasteiger partial charge on any atom is -0.454 e. The Bertz CT molecular complexity index is 1130. The van der Waals surface area contributed by atoms with Crippen LogP contribution in [0.25, 0.3) is 10.9 Å². The Balaban J connectivity index is 1.41. The number of pyridine rings is 1. The van der Waals surface area contributed by atoms with Crippen LogP contribution in [0.2, 0.25) is 5.02 Å². The maximum Gasteiger partial charge on any atom is 0.272 e. The number of amides is 1. The van der Waals surface area contributed by atoms with Crippen LogP contribution in [0.1, 0.15) is 40.4 Å². The summed E-state index contributed by atoms with van der Waals surface area (Å²) in [5, 5.41) is 5.35. The number of nitrogens with zero attached hydrogens (tertiary/aromatic N) is 2. The lowest BCUT2D eigenvalue weighted by atomic mass is 10.1. The Morgan fingerprint density at radius 1 is 1.18 bits per heavy atom. The normalized spacial score (nSPS) is 15.3. The smallest absolute Gasteiger partial charge is 0.272 e. The number of rotatable bonds is 4. The van der Waals surface area contributed by atoms with Crippen LogP contribution in [0.3, 0.4) is 0 Å². The standard InChI is InChI=1S/C21H16ClN3O3/c22-16-9-20-19(27-11-28-20)7-13(16)10-23-25-21(26)15-8-18(12-5-6-12)24-17-4-2-1-3-14(15)17/h1-4,7-10,12H,5-6,11H2,(H,25,26). The van der Waals surface area contributed by atoms with Crippen molar-refractivity contribution in [1.29, 1.82) is 0 Å². The third-order valence-electron chi connectivity index (χ3n) is 4.84. The summed E-state index contributed by atoms with van der Waals surface area (Å²) in [4.78, 5) is 17.5.